The Kier molecular flexibility index (Phi) is 1.78. The third-order valence-corrected chi connectivity index (χ3v) is 2.47. The molecule has 0 N–H and O–H groups in total. The molecule has 0 spiro atoms. The average Bonchev–Trinajstić information content (AvgIpc) is 2.44. The van der Waals surface area contributed by atoms with Crippen molar-refractivity contribution in [1.29, 1.82) is 5.26 Å². The van der Waals surface area contributed by atoms with Gasteiger partial charge in [-0.05, 0) is 30.9 Å². The molecule has 0 aliphatic carbocycles. The normalized spacial score (nSPS) is 15.3. The quantitative estimate of drug-likeness (QED) is 0.612. The maximum absolute atomic E-state index is 8.72. The third-order valence-electron chi connectivity index (χ3n) is 2.18. The number of nitriles is 1. The lowest BCUT2D eigenvalue weighted by molar-refractivity contribution is 0.532. The van der Waals surface area contributed by atoms with Gasteiger partial charge in [0.25, 0.3) is 0 Å². The van der Waals surface area contributed by atoms with Gasteiger partial charge in [0.15, 0.2) is 5.69 Å². The van der Waals surface area contributed by atoms with Crippen molar-refractivity contribution in [2.45, 2.75) is 25.8 Å². The number of fused-ring (bicyclic) bond motifs is 1. The minimum Gasteiger partial charge on any atom is -0.318 e. The molecule has 1 aromatic heterocycles. The first kappa shape index (κ1) is 7.63. The minimum absolute atomic E-state index is 0.459. The first-order valence-corrected chi connectivity index (χ1v) is 4.35. The summed E-state index contributed by atoms with van der Waals surface area (Å²) in [5, 5.41) is 9.18. The Morgan fingerprint density at radius 3 is 3.08 bits per heavy atom. The van der Waals surface area contributed by atoms with Gasteiger partial charge in [0, 0.05) is 6.54 Å². The van der Waals surface area contributed by atoms with Crippen LogP contribution in [0.5, 0.6) is 0 Å². The Morgan fingerprint density at radius 1 is 1.50 bits per heavy atom. The highest BCUT2D eigenvalue weighted by atomic mass is 35.5. The van der Waals surface area contributed by atoms with Gasteiger partial charge in [-0.15, -0.1) is 0 Å². The first-order chi connectivity index (χ1) is 5.83. The van der Waals surface area contributed by atoms with E-state index in [1.54, 1.807) is 0 Å². The monoisotopic (exact) mass is 181 g/mol. The molecule has 12 heavy (non-hydrogen) atoms. The van der Waals surface area contributed by atoms with Crippen LogP contribution in [0.4, 0.5) is 0 Å². The van der Waals surface area contributed by atoms with E-state index < -0.39 is 0 Å². The van der Waals surface area contributed by atoms with Crippen LogP contribution < -0.4 is 0 Å². The van der Waals surface area contributed by atoms with Crippen LogP contribution in [-0.4, -0.2) is 9.55 Å². The number of imidazole rings is 1. The number of nitrogens with zero attached hydrogens (tertiary/aromatic N) is 3. The first-order valence-electron chi connectivity index (χ1n) is 3.98. The highest BCUT2D eigenvalue weighted by Gasteiger charge is 2.17. The predicted octanol–water partition coefficient (Wildman–Crippen LogP) is 1.74. The van der Waals surface area contributed by atoms with Crippen LogP contribution in [0.15, 0.2) is 0 Å². The summed E-state index contributed by atoms with van der Waals surface area (Å²) < 4.78 is 1.93. The Labute approximate surface area is 75.6 Å². The largest absolute Gasteiger partial charge is 0.318 e. The van der Waals surface area contributed by atoms with Gasteiger partial charge in [0.2, 0.25) is 5.28 Å². The summed E-state index contributed by atoms with van der Waals surface area (Å²) in [6.07, 6.45) is 3.20. The van der Waals surface area contributed by atoms with E-state index in [0.717, 1.165) is 31.5 Å². The van der Waals surface area contributed by atoms with Gasteiger partial charge in [0.05, 0.1) is 5.69 Å². The molecule has 0 radical (unpaired) electrons. The van der Waals surface area contributed by atoms with Crippen molar-refractivity contribution in [3.05, 3.63) is 16.7 Å². The van der Waals surface area contributed by atoms with E-state index in [1.165, 1.54) is 0 Å². The summed E-state index contributed by atoms with van der Waals surface area (Å²) in [6, 6.07) is 2.06. The number of hydrogen-bond donors (Lipinski definition) is 0. The minimum atomic E-state index is 0.459. The Morgan fingerprint density at radius 2 is 2.33 bits per heavy atom. The summed E-state index contributed by atoms with van der Waals surface area (Å²) in [5.74, 6) is 0. The van der Waals surface area contributed by atoms with E-state index in [4.69, 9.17) is 16.9 Å². The van der Waals surface area contributed by atoms with Crippen molar-refractivity contribution < 1.29 is 0 Å². The molecule has 62 valence electrons. The molecule has 1 aliphatic heterocycles. The molecule has 0 amide bonds. The number of rotatable bonds is 0. The summed E-state index contributed by atoms with van der Waals surface area (Å²) in [5.41, 5.74) is 1.51. The molecule has 2 rings (SSSR count). The van der Waals surface area contributed by atoms with Gasteiger partial charge < -0.3 is 4.57 Å². The van der Waals surface area contributed by atoms with E-state index >= 15 is 0 Å². The molecule has 0 aromatic carbocycles. The summed E-state index contributed by atoms with van der Waals surface area (Å²) in [6.45, 7) is 0.906. The summed E-state index contributed by atoms with van der Waals surface area (Å²) in [4.78, 5) is 3.98. The molecule has 4 heteroatoms. The second-order valence-corrected chi connectivity index (χ2v) is 3.23. The highest BCUT2D eigenvalue weighted by molar-refractivity contribution is 6.28. The van der Waals surface area contributed by atoms with Gasteiger partial charge in [-0.1, -0.05) is 0 Å². The van der Waals surface area contributed by atoms with Gasteiger partial charge in [0.1, 0.15) is 6.07 Å². The molecular weight excluding hydrogens is 174 g/mol. The zero-order valence-corrected chi connectivity index (χ0v) is 7.30. The summed E-state index contributed by atoms with van der Waals surface area (Å²) in [7, 11) is 0. The zero-order valence-electron chi connectivity index (χ0n) is 6.55. The van der Waals surface area contributed by atoms with Crippen molar-refractivity contribution in [2.75, 3.05) is 0 Å². The van der Waals surface area contributed by atoms with Crippen molar-refractivity contribution in [1.82, 2.24) is 9.55 Å². The Bertz CT molecular complexity index is 348. The van der Waals surface area contributed by atoms with Crippen LogP contribution in [0.1, 0.15) is 24.2 Å². The summed E-state index contributed by atoms with van der Waals surface area (Å²) >= 11 is 5.84. The lowest BCUT2D eigenvalue weighted by atomic mass is 10.1. The van der Waals surface area contributed by atoms with E-state index in [1.807, 2.05) is 4.57 Å². The molecular formula is C8H8ClN3. The van der Waals surface area contributed by atoms with E-state index in [2.05, 4.69) is 11.1 Å². The molecule has 0 saturated carbocycles. The van der Waals surface area contributed by atoms with Gasteiger partial charge in [-0.25, -0.2) is 4.98 Å². The van der Waals surface area contributed by atoms with Crippen LogP contribution in [0.3, 0.4) is 0 Å². The molecule has 0 unspecified atom stereocenters. The highest BCUT2D eigenvalue weighted by Crippen LogP contribution is 2.22. The Hall–Kier alpha value is -1.01. The lowest BCUT2D eigenvalue weighted by Gasteiger charge is -2.14. The fourth-order valence-electron chi connectivity index (χ4n) is 1.59. The molecule has 0 atom stereocenters. The molecule has 3 nitrogen and oxygen atoms in total. The van der Waals surface area contributed by atoms with Crippen LogP contribution in [-0.2, 0) is 13.0 Å². The standard InChI is InChI=1S/C8H8ClN3/c9-8-11-6(5-10)7-3-1-2-4-12(7)8/h1-4H2. The molecule has 0 saturated heterocycles. The van der Waals surface area contributed by atoms with E-state index in [9.17, 15) is 0 Å². The van der Waals surface area contributed by atoms with Crippen LogP contribution >= 0.6 is 11.6 Å². The number of hydrogen-bond acceptors (Lipinski definition) is 2. The fourth-order valence-corrected chi connectivity index (χ4v) is 1.86. The van der Waals surface area contributed by atoms with Crippen LogP contribution in [0.2, 0.25) is 5.28 Å². The molecule has 2 heterocycles. The number of aromatic nitrogens is 2. The molecule has 1 aliphatic rings. The van der Waals surface area contributed by atoms with Gasteiger partial charge in [-0.2, -0.15) is 5.26 Å². The molecule has 0 bridgehead atoms. The predicted molar refractivity (Wildman–Crippen MR) is 44.9 cm³/mol. The molecule has 1 aromatic rings. The third kappa shape index (κ3) is 0.997. The van der Waals surface area contributed by atoms with E-state index in [-0.39, 0.29) is 0 Å². The second kappa shape index (κ2) is 2.80. The SMILES string of the molecule is N#Cc1nc(Cl)n2c1CCCC2. The second-order valence-electron chi connectivity index (χ2n) is 2.90. The topological polar surface area (TPSA) is 41.6 Å². The fraction of sp³-hybridized carbons (Fsp3) is 0.500. The smallest absolute Gasteiger partial charge is 0.204 e. The maximum Gasteiger partial charge on any atom is 0.204 e. The zero-order chi connectivity index (χ0) is 8.55. The Balaban J connectivity index is 2.56. The van der Waals surface area contributed by atoms with Crippen LogP contribution in [0.25, 0.3) is 0 Å². The number of halogens is 1. The lowest BCUT2D eigenvalue weighted by Crippen LogP contribution is -2.10. The van der Waals surface area contributed by atoms with Crippen molar-refractivity contribution in [2.24, 2.45) is 0 Å². The maximum atomic E-state index is 8.72. The van der Waals surface area contributed by atoms with Gasteiger partial charge >= 0.3 is 0 Å². The van der Waals surface area contributed by atoms with Crippen molar-refractivity contribution >= 4 is 11.6 Å². The molecule has 0 fully saturated rings. The van der Waals surface area contributed by atoms with E-state index in [0.29, 0.717) is 11.0 Å². The van der Waals surface area contributed by atoms with Crippen molar-refractivity contribution in [3.8, 4) is 6.07 Å². The van der Waals surface area contributed by atoms with Gasteiger partial charge in [-0.3, -0.25) is 0 Å². The van der Waals surface area contributed by atoms with Crippen molar-refractivity contribution in [3.63, 3.8) is 0 Å². The average molecular weight is 182 g/mol. The van der Waals surface area contributed by atoms with Crippen LogP contribution in [0, 0.1) is 11.3 Å².